The van der Waals surface area contributed by atoms with Gasteiger partial charge in [-0.3, -0.25) is 4.68 Å². The summed E-state index contributed by atoms with van der Waals surface area (Å²) in [5.74, 6) is 0.667. The first kappa shape index (κ1) is 12.5. The molecule has 1 aromatic rings. The quantitative estimate of drug-likeness (QED) is 0.781. The highest BCUT2D eigenvalue weighted by Gasteiger charge is 2.02. The molecule has 1 rings (SSSR count). The van der Waals surface area contributed by atoms with E-state index in [9.17, 15) is 0 Å². The third-order valence-corrected chi connectivity index (χ3v) is 2.58. The monoisotopic (exact) mass is 227 g/mol. The summed E-state index contributed by atoms with van der Waals surface area (Å²) in [7, 11) is 4.14. The average Bonchev–Trinajstić information content (AvgIpc) is 2.41. The molecular formula is C11H21N3S. The molecule has 0 aromatic carbocycles. The van der Waals surface area contributed by atoms with E-state index in [1.807, 2.05) is 4.68 Å². The van der Waals surface area contributed by atoms with Gasteiger partial charge in [-0.15, -0.1) is 0 Å². The van der Waals surface area contributed by atoms with Crippen LogP contribution < -0.4 is 0 Å². The first-order valence-electron chi connectivity index (χ1n) is 5.42. The highest BCUT2D eigenvalue weighted by Crippen LogP contribution is 2.06. The minimum Gasteiger partial charge on any atom is -0.308 e. The molecule has 0 unspecified atom stereocenters. The maximum atomic E-state index is 5.29. The van der Waals surface area contributed by atoms with E-state index >= 15 is 0 Å². The molecule has 0 saturated carbocycles. The molecule has 4 heteroatoms. The number of hydrogen-bond donors (Lipinski definition) is 1. The maximum absolute atomic E-state index is 5.29. The largest absolute Gasteiger partial charge is 0.308 e. The van der Waals surface area contributed by atoms with Gasteiger partial charge in [0.05, 0.1) is 6.54 Å². The molecule has 0 saturated heterocycles. The van der Waals surface area contributed by atoms with Gasteiger partial charge in [-0.1, -0.05) is 26.1 Å². The number of likely N-dealkylation sites (N-methyl/N-ethyl adjacent to an activating group) is 1. The number of H-pyrrole nitrogens is 1. The molecule has 0 aliphatic heterocycles. The molecular weight excluding hydrogens is 206 g/mol. The number of hydrogen-bond acceptors (Lipinski definition) is 2. The Morgan fingerprint density at radius 3 is 2.67 bits per heavy atom. The van der Waals surface area contributed by atoms with Crippen LogP contribution in [0, 0.1) is 10.6 Å². The lowest BCUT2D eigenvalue weighted by atomic mass is 10.1. The summed E-state index contributed by atoms with van der Waals surface area (Å²) in [4.78, 5) is 2.16. The average molecular weight is 227 g/mol. The molecule has 1 heterocycles. The fourth-order valence-corrected chi connectivity index (χ4v) is 1.78. The minimum atomic E-state index is 0.667. The number of aromatic amines is 1. The second-order valence-corrected chi connectivity index (χ2v) is 5.09. The van der Waals surface area contributed by atoms with Crippen molar-refractivity contribution in [3.63, 3.8) is 0 Å². The summed E-state index contributed by atoms with van der Waals surface area (Å²) in [6.07, 6.45) is 1.07. The lowest BCUT2D eigenvalue weighted by molar-refractivity contribution is 0.371. The highest BCUT2D eigenvalue weighted by atomic mass is 32.1. The van der Waals surface area contributed by atoms with E-state index in [0.29, 0.717) is 5.92 Å². The van der Waals surface area contributed by atoms with Crippen LogP contribution in [0.3, 0.4) is 0 Å². The van der Waals surface area contributed by atoms with Crippen LogP contribution in [0.2, 0.25) is 0 Å². The molecule has 0 aliphatic rings. The second-order valence-electron chi connectivity index (χ2n) is 4.67. The van der Waals surface area contributed by atoms with Crippen LogP contribution in [-0.2, 0) is 13.0 Å². The summed E-state index contributed by atoms with van der Waals surface area (Å²) in [5, 5.41) is 3.35. The predicted molar refractivity (Wildman–Crippen MR) is 66.7 cm³/mol. The maximum Gasteiger partial charge on any atom is 0.122 e. The van der Waals surface area contributed by atoms with Gasteiger partial charge in [0, 0.05) is 12.2 Å². The van der Waals surface area contributed by atoms with Crippen LogP contribution in [0.1, 0.15) is 19.5 Å². The molecule has 0 bridgehead atoms. The third kappa shape index (κ3) is 4.18. The van der Waals surface area contributed by atoms with Gasteiger partial charge in [0.1, 0.15) is 4.64 Å². The number of rotatable bonds is 5. The molecule has 86 valence electrons. The Hall–Kier alpha value is -0.610. The van der Waals surface area contributed by atoms with E-state index in [2.05, 4.69) is 44.0 Å². The van der Waals surface area contributed by atoms with Crippen LogP contribution in [0.15, 0.2) is 6.07 Å². The zero-order chi connectivity index (χ0) is 11.4. The summed E-state index contributed by atoms with van der Waals surface area (Å²) < 4.78 is 2.96. The SMILES string of the molecule is CC(C)Cc1cc(=S)n(CCN(C)C)[nH]1. The van der Waals surface area contributed by atoms with Crippen LogP contribution in [0.25, 0.3) is 0 Å². The fourth-order valence-electron chi connectivity index (χ4n) is 1.50. The Labute approximate surface area is 97.1 Å². The van der Waals surface area contributed by atoms with Crippen molar-refractivity contribution >= 4 is 12.2 Å². The Balaban J connectivity index is 2.65. The second kappa shape index (κ2) is 5.47. The Morgan fingerprint density at radius 1 is 1.47 bits per heavy atom. The van der Waals surface area contributed by atoms with Crippen molar-refractivity contribution in [1.29, 1.82) is 0 Å². The molecule has 0 spiro atoms. The molecule has 3 nitrogen and oxygen atoms in total. The molecule has 0 amide bonds. The van der Waals surface area contributed by atoms with Crippen molar-refractivity contribution in [2.75, 3.05) is 20.6 Å². The topological polar surface area (TPSA) is 24.0 Å². The molecule has 1 aromatic heterocycles. The van der Waals surface area contributed by atoms with E-state index in [0.717, 1.165) is 24.2 Å². The predicted octanol–water partition coefficient (Wildman–Crippen LogP) is 2.31. The lowest BCUT2D eigenvalue weighted by Gasteiger charge is -2.10. The van der Waals surface area contributed by atoms with E-state index in [1.54, 1.807) is 0 Å². The zero-order valence-corrected chi connectivity index (χ0v) is 10.9. The lowest BCUT2D eigenvalue weighted by Crippen LogP contribution is -2.19. The van der Waals surface area contributed by atoms with Crippen LogP contribution in [0.5, 0.6) is 0 Å². The van der Waals surface area contributed by atoms with Gasteiger partial charge in [-0.2, -0.15) is 0 Å². The Kier molecular flexibility index (Phi) is 4.54. The fraction of sp³-hybridized carbons (Fsp3) is 0.727. The zero-order valence-electron chi connectivity index (χ0n) is 10.1. The van der Waals surface area contributed by atoms with Gasteiger partial charge in [0.15, 0.2) is 0 Å². The van der Waals surface area contributed by atoms with E-state index < -0.39 is 0 Å². The Bertz CT molecular complexity index is 349. The van der Waals surface area contributed by atoms with Crippen molar-refractivity contribution < 1.29 is 0 Å². The summed E-state index contributed by atoms with van der Waals surface area (Å²) >= 11 is 5.29. The van der Waals surface area contributed by atoms with Gasteiger partial charge >= 0.3 is 0 Å². The molecule has 15 heavy (non-hydrogen) atoms. The number of nitrogens with zero attached hydrogens (tertiary/aromatic N) is 2. The first-order chi connectivity index (χ1) is 6.99. The van der Waals surface area contributed by atoms with Crippen molar-refractivity contribution in [3.8, 4) is 0 Å². The number of nitrogens with one attached hydrogen (secondary N) is 1. The van der Waals surface area contributed by atoms with Gasteiger partial charge < -0.3 is 10.00 Å². The molecule has 0 atom stereocenters. The summed E-state index contributed by atoms with van der Waals surface area (Å²) in [5.41, 5.74) is 1.24. The van der Waals surface area contributed by atoms with Crippen LogP contribution in [0.4, 0.5) is 0 Å². The van der Waals surface area contributed by atoms with E-state index in [-0.39, 0.29) is 0 Å². The van der Waals surface area contributed by atoms with Gasteiger partial charge in [0.2, 0.25) is 0 Å². The van der Waals surface area contributed by atoms with Crippen LogP contribution >= 0.6 is 12.2 Å². The minimum absolute atomic E-state index is 0.667. The van der Waals surface area contributed by atoms with Crippen molar-refractivity contribution in [1.82, 2.24) is 14.7 Å². The molecule has 0 aliphatic carbocycles. The van der Waals surface area contributed by atoms with E-state index in [1.165, 1.54) is 5.69 Å². The van der Waals surface area contributed by atoms with Gasteiger partial charge in [-0.05, 0) is 32.5 Å². The smallest absolute Gasteiger partial charge is 0.122 e. The molecule has 1 N–H and O–H groups in total. The van der Waals surface area contributed by atoms with Crippen molar-refractivity contribution in [2.45, 2.75) is 26.8 Å². The first-order valence-corrected chi connectivity index (χ1v) is 5.83. The Morgan fingerprint density at radius 2 is 2.13 bits per heavy atom. The third-order valence-electron chi connectivity index (χ3n) is 2.24. The number of aromatic nitrogens is 2. The standard InChI is InChI=1S/C11H21N3S/c1-9(2)7-10-8-11(15)14(12-10)6-5-13(3)4/h8-9,12H,5-7H2,1-4H3. The van der Waals surface area contributed by atoms with Crippen molar-refractivity contribution in [3.05, 3.63) is 16.4 Å². The van der Waals surface area contributed by atoms with Gasteiger partial charge in [-0.25, -0.2) is 0 Å². The molecule has 0 radical (unpaired) electrons. The van der Waals surface area contributed by atoms with Crippen molar-refractivity contribution in [2.24, 2.45) is 5.92 Å². The normalized spacial score (nSPS) is 11.6. The van der Waals surface area contributed by atoms with Gasteiger partial charge in [0.25, 0.3) is 0 Å². The van der Waals surface area contributed by atoms with Crippen LogP contribution in [-0.4, -0.2) is 35.3 Å². The summed E-state index contributed by atoms with van der Waals surface area (Å²) in [6, 6.07) is 2.07. The van der Waals surface area contributed by atoms with E-state index in [4.69, 9.17) is 12.2 Å². The molecule has 0 fully saturated rings. The highest BCUT2D eigenvalue weighted by molar-refractivity contribution is 7.71. The summed E-state index contributed by atoms with van der Waals surface area (Å²) in [6.45, 7) is 6.38.